The van der Waals surface area contributed by atoms with E-state index in [4.69, 9.17) is 9.26 Å². The number of para-hydroxylation sites is 1. The zero-order valence-electron chi connectivity index (χ0n) is 16.4. The van der Waals surface area contributed by atoms with Crippen LogP contribution in [0.15, 0.2) is 77.6 Å². The van der Waals surface area contributed by atoms with E-state index in [-0.39, 0.29) is 12.5 Å². The van der Waals surface area contributed by atoms with Crippen LogP contribution in [-0.2, 0) is 11.2 Å². The lowest BCUT2D eigenvalue weighted by atomic mass is 10.1. The van der Waals surface area contributed by atoms with Gasteiger partial charge in [-0.2, -0.15) is 4.98 Å². The third kappa shape index (κ3) is 4.88. The average molecular weight is 400 g/mol. The first kappa shape index (κ1) is 19.3. The highest BCUT2D eigenvalue weighted by Crippen LogP contribution is 2.21. The molecule has 2 aromatic carbocycles. The van der Waals surface area contributed by atoms with Crippen molar-refractivity contribution in [3.05, 3.63) is 90.1 Å². The Morgan fingerprint density at radius 2 is 1.90 bits per heavy atom. The molecule has 4 aromatic rings. The smallest absolute Gasteiger partial charge is 0.262 e. The third-order valence-corrected chi connectivity index (χ3v) is 4.40. The molecule has 0 fully saturated rings. The van der Waals surface area contributed by atoms with E-state index in [0.29, 0.717) is 29.6 Å². The van der Waals surface area contributed by atoms with Crippen LogP contribution in [0.4, 0.5) is 5.69 Å². The Labute approximate surface area is 173 Å². The second-order valence-corrected chi connectivity index (χ2v) is 6.73. The van der Waals surface area contributed by atoms with E-state index in [0.717, 1.165) is 16.7 Å². The standard InChI is InChI=1S/C23H20N4O3/c1-16-5-4-7-19(13-16)29-15-21(28)25-20-8-3-2-6-18(20)14-22-26-23(27-30-22)17-9-11-24-12-10-17/h2-13H,14-15H2,1H3,(H,25,28). The number of hydrogen-bond acceptors (Lipinski definition) is 6. The maximum atomic E-state index is 12.4. The summed E-state index contributed by atoms with van der Waals surface area (Å²) in [6.45, 7) is 1.89. The van der Waals surface area contributed by atoms with E-state index in [1.54, 1.807) is 12.4 Å². The van der Waals surface area contributed by atoms with Crippen LogP contribution in [-0.4, -0.2) is 27.6 Å². The molecule has 0 aliphatic rings. The number of aromatic nitrogens is 3. The second-order valence-electron chi connectivity index (χ2n) is 6.73. The number of ether oxygens (including phenoxy) is 1. The van der Waals surface area contributed by atoms with Gasteiger partial charge in [0.1, 0.15) is 5.75 Å². The fraction of sp³-hybridized carbons (Fsp3) is 0.130. The molecule has 7 heteroatoms. The molecule has 2 heterocycles. The number of hydrogen-bond donors (Lipinski definition) is 1. The van der Waals surface area contributed by atoms with Gasteiger partial charge >= 0.3 is 0 Å². The molecular formula is C23H20N4O3. The number of aryl methyl sites for hydroxylation is 1. The van der Waals surface area contributed by atoms with Crippen LogP contribution in [0.25, 0.3) is 11.4 Å². The summed E-state index contributed by atoms with van der Waals surface area (Å²) < 4.78 is 11.0. The fourth-order valence-electron chi connectivity index (χ4n) is 2.94. The van der Waals surface area contributed by atoms with Crippen LogP contribution >= 0.6 is 0 Å². The zero-order chi connectivity index (χ0) is 20.8. The summed E-state index contributed by atoms with van der Waals surface area (Å²) in [5.41, 5.74) is 3.45. The number of rotatable bonds is 7. The number of carbonyl (C=O) groups is 1. The van der Waals surface area contributed by atoms with Crippen LogP contribution in [0.1, 0.15) is 17.0 Å². The molecule has 2 aromatic heterocycles. The fourth-order valence-corrected chi connectivity index (χ4v) is 2.94. The molecule has 30 heavy (non-hydrogen) atoms. The lowest BCUT2D eigenvalue weighted by Gasteiger charge is -2.11. The van der Waals surface area contributed by atoms with Crippen molar-refractivity contribution in [1.29, 1.82) is 0 Å². The molecule has 0 aliphatic carbocycles. The van der Waals surface area contributed by atoms with E-state index in [2.05, 4.69) is 20.4 Å². The molecule has 150 valence electrons. The highest BCUT2D eigenvalue weighted by Gasteiger charge is 2.13. The maximum absolute atomic E-state index is 12.4. The van der Waals surface area contributed by atoms with Gasteiger partial charge in [0.2, 0.25) is 11.7 Å². The Morgan fingerprint density at radius 1 is 1.07 bits per heavy atom. The SMILES string of the molecule is Cc1cccc(OCC(=O)Nc2ccccc2Cc2nc(-c3ccncc3)no2)c1. The van der Waals surface area contributed by atoms with Gasteiger partial charge in [0.15, 0.2) is 6.61 Å². The van der Waals surface area contributed by atoms with Gasteiger partial charge in [0, 0.05) is 23.6 Å². The minimum absolute atomic E-state index is 0.0788. The van der Waals surface area contributed by atoms with Crippen LogP contribution in [0.3, 0.4) is 0 Å². The first-order chi connectivity index (χ1) is 14.7. The number of amides is 1. The summed E-state index contributed by atoms with van der Waals surface area (Å²) in [5, 5.41) is 6.91. The summed E-state index contributed by atoms with van der Waals surface area (Å²) in [5.74, 6) is 1.37. The second kappa shape index (κ2) is 9.00. The Kier molecular flexibility index (Phi) is 5.80. The molecular weight excluding hydrogens is 380 g/mol. The normalized spacial score (nSPS) is 10.6. The Bertz CT molecular complexity index is 1140. The van der Waals surface area contributed by atoms with E-state index < -0.39 is 0 Å². The molecule has 0 bridgehead atoms. The van der Waals surface area contributed by atoms with Crippen molar-refractivity contribution < 1.29 is 14.1 Å². The molecule has 0 saturated carbocycles. The summed E-state index contributed by atoms with van der Waals surface area (Å²) in [6, 6.07) is 18.7. The molecule has 0 atom stereocenters. The molecule has 0 radical (unpaired) electrons. The highest BCUT2D eigenvalue weighted by atomic mass is 16.5. The van der Waals surface area contributed by atoms with Gasteiger partial charge in [-0.25, -0.2) is 0 Å². The lowest BCUT2D eigenvalue weighted by Crippen LogP contribution is -2.21. The average Bonchev–Trinajstić information content (AvgIpc) is 3.23. The third-order valence-electron chi connectivity index (χ3n) is 4.40. The lowest BCUT2D eigenvalue weighted by molar-refractivity contribution is -0.118. The minimum atomic E-state index is -0.244. The van der Waals surface area contributed by atoms with Gasteiger partial charge in [-0.3, -0.25) is 9.78 Å². The van der Waals surface area contributed by atoms with Crippen molar-refractivity contribution in [2.24, 2.45) is 0 Å². The van der Waals surface area contributed by atoms with Crippen molar-refractivity contribution in [2.45, 2.75) is 13.3 Å². The molecule has 0 saturated heterocycles. The summed E-state index contributed by atoms with van der Waals surface area (Å²) in [6.07, 6.45) is 3.75. The van der Waals surface area contributed by atoms with Crippen molar-refractivity contribution in [2.75, 3.05) is 11.9 Å². The highest BCUT2D eigenvalue weighted by molar-refractivity contribution is 5.92. The summed E-state index contributed by atoms with van der Waals surface area (Å²) >= 11 is 0. The van der Waals surface area contributed by atoms with Gasteiger partial charge in [-0.1, -0.05) is 35.5 Å². The van der Waals surface area contributed by atoms with Gasteiger partial charge < -0.3 is 14.6 Å². The van der Waals surface area contributed by atoms with Crippen LogP contribution in [0.5, 0.6) is 5.75 Å². The number of nitrogens with zero attached hydrogens (tertiary/aromatic N) is 3. The van der Waals surface area contributed by atoms with Gasteiger partial charge in [-0.15, -0.1) is 0 Å². The molecule has 0 aliphatic heterocycles. The van der Waals surface area contributed by atoms with Crippen LogP contribution < -0.4 is 10.1 Å². The minimum Gasteiger partial charge on any atom is -0.484 e. The summed E-state index contributed by atoms with van der Waals surface area (Å²) in [7, 11) is 0. The number of anilines is 1. The van der Waals surface area contributed by atoms with Crippen LogP contribution in [0.2, 0.25) is 0 Å². The zero-order valence-corrected chi connectivity index (χ0v) is 16.4. The Morgan fingerprint density at radius 3 is 2.73 bits per heavy atom. The topological polar surface area (TPSA) is 90.1 Å². The van der Waals surface area contributed by atoms with Crippen molar-refractivity contribution in [3.8, 4) is 17.1 Å². The molecule has 4 rings (SSSR count). The molecule has 7 nitrogen and oxygen atoms in total. The van der Waals surface area contributed by atoms with Gasteiger partial charge in [0.05, 0.1) is 6.42 Å². The monoisotopic (exact) mass is 400 g/mol. The Hall–Kier alpha value is -4.00. The van der Waals surface area contributed by atoms with Crippen molar-refractivity contribution in [3.63, 3.8) is 0 Å². The van der Waals surface area contributed by atoms with Crippen LogP contribution in [0, 0.1) is 6.92 Å². The van der Waals surface area contributed by atoms with Crippen molar-refractivity contribution >= 4 is 11.6 Å². The summed E-state index contributed by atoms with van der Waals surface area (Å²) in [4.78, 5) is 20.8. The molecule has 0 spiro atoms. The van der Waals surface area contributed by atoms with E-state index >= 15 is 0 Å². The first-order valence-corrected chi connectivity index (χ1v) is 9.47. The molecule has 0 unspecified atom stereocenters. The Balaban J connectivity index is 1.41. The molecule has 1 amide bonds. The van der Waals surface area contributed by atoms with E-state index in [1.807, 2.05) is 67.6 Å². The first-order valence-electron chi connectivity index (χ1n) is 9.47. The predicted octanol–water partition coefficient (Wildman–Crippen LogP) is 4.05. The van der Waals surface area contributed by atoms with Gasteiger partial charge in [-0.05, 0) is 48.4 Å². The number of pyridine rings is 1. The predicted molar refractivity (Wildman–Crippen MR) is 112 cm³/mol. The largest absolute Gasteiger partial charge is 0.484 e. The molecule has 1 N–H and O–H groups in total. The number of nitrogens with one attached hydrogen (secondary N) is 1. The number of carbonyl (C=O) groups excluding carboxylic acids is 1. The number of benzene rings is 2. The van der Waals surface area contributed by atoms with Gasteiger partial charge in [0.25, 0.3) is 5.91 Å². The van der Waals surface area contributed by atoms with Crippen molar-refractivity contribution in [1.82, 2.24) is 15.1 Å². The van der Waals surface area contributed by atoms with E-state index in [1.165, 1.54) is 0 Å². The maximum Gasteiger partial charge on any atom is 0.262 e. The quantitative estimate of drug-likeness (QED) is 0.503. The van der Waals surface area contributed by atoms with E-state index in [9.17, 15) is 4.79 Å².